The normalized spacial score (nSPS) is 19.7. The van der Waals surface area contributed by atoms with Gasteiger partial charge in [-0.3, -0.25) is 9.52 Å². The van der Waals surface area contributed by atoms with Crippen LogP contribution < -0.4 is 19.5 Å². The number of aliphatic hydroxyl groups is 1. The van der Waals surface area contributed by atoms with Crippen LogP contribution in [-0.2, 0) is 14.8 Å². The SMILES string of the molecule is COc1ccc(NC(=O)N(C)C[C@H]2OCCCC[C@@H](C)Oc3ccc(NS(=O)(=O)c4ccc(Cl)cc4)cc3C(=O)N([C@H](C)CO)C[C@H]2C)cc1. The Morgan fingerprint density at radius 3 is 2.42 bits per heavy atom. The Hall–Kier alpha value is -4.04. The van der Waals surface area contributed by atoms with Crippen molar-refractivity contribution in [3.05, 3.63) is 77.3 Å². The summed E-state index contributed by atoms with van der Waals surface area (Å²) in [4.78, 5) is 30.6. The highest BCUT2D eigenvalue weighted by atomic mass is 35.5. The first-order chi connectivity index (χ1) is 23.8. The zero-order valence-electron chi connectivity index (χ0n) is 29.1. The van der Waals surface area contributed by atoms with Crippen LogP contribution >= 0.6 is 11.6 Å². The number of amides is 3. The van der Waals surface area contributed by atoms with Gasteiger partial charge in [-0.05, 0) is 99.8 Å². The average Bonchev–Trinajstić information content (AvgIpc) is 3.09. The molecule has 50 heavy (non-hydrogen) atoms. The number of hydrogen-bond acceptors (Lipinski definition) is 8. The van der Waals surface area contributed by atoms with E-state index >= 15 is 0 Å². The minimum absolute atomic E-state index is 0.0104. The summed E-state index contributed by atoms with van der Waals surface area (Å²) >= 11 is 5.95. The summed E-state index contributed by atoms with van der Waals surface area (Å²) in [5, 5.41) is 13.5. The fourth-order valence-electron chi connectivity index (χ4n) is 5.52. The third kappa shape index (κ3) is 10.5. The number of sulfonamides is 1. The molecule has 272 valence electrons. The van der Waals surface area contributed by atoms with Crippen LogP contribution in [-0.4, -0.2) is 94.0 Å². The number of anilines is 2. The average molecular weight is 731 g/mol. The number of rotatable bonds is 9. The Balaban J connectivity index is 1.61. The predicted molar refractivity (Wildman–Crippen MR) is 194 cm³/mol. The first-order valence-corrected chi connectivity index (χ1v) is 18.5. The van der Waals surface area contributed by atoms with Crippen molar-refractivity contribution in [2.24, 2.45) is 5.92 Å². The number of hydrogen-bond donors (Lipinski definition) is 3. The zero-order valence-corrected chi connectivity index (χ0v) is 30.7. The maximum atomic E-state index is 14.4. The van der Waals surface area contributed by atoms with E-state index in [9.17, 15) is 23.1 Å². The molecule has 4 atom stereocenters. The number of nitrogens with zero attached hydrogens (tertiary/aromatic N) is 2. The van der Waals surface area contributed by atoms with Gasteiger partial charge in [0.25, 0.3) is 15.9 Å². The van der Waals surface area contributed by atoms with Crippen LogP contribution in [0.5, 0.6) is 11.5 Å². The lowest BCUT2D eigenvalue weighted by Gasteiger charge is -2.35. The summed E-state index contributed by atoms with van der Waals surface area (Å²) in [5.74, 6) is 0.254. The number of urea groups is 1. The first-order valence-electron chi connectivity index (χ1n) is 16.6. The summed E-state index contributed by atoms with van der Waals surface area (Å²) in [6.45, 7) is 6.13. The van der Waals surface area contributed by atoms with Crippen LogP contribution in [0, 0.1) is 5.92 Å². The van der Waals surface area contributed by atoms with Crippen molar-refractivity contribution in [3.8, 4) is 11.5 Å². The zero-order chi connectivity index (χ0) is 36.4. The molecule has 0 fully saturated rings. The molecule has 3 aromatic carbocycles. The maximum Gasteiger partial charge on any atom is 0.321 e. The van der Waals surface area contributed by atoms with E-state index in [1.165, 1.54) is 35.2 Å². The Morgan fingerprint density at radius 2 is 1.76 bits per heavy atom. The highest BCUT2D eigenvalue weighted by Gasteiger charge is 2.31. The predicted octanol–water partition coefficient (Wildman–Crippen LogP) is 6.11. The van der Waals surface area contributed by atoms with Crippen molar-refractivity contribution in [2.75, 3.05) is 50.5 Å². The largest absolute Gasteiger partial charge is 0.497 e. The van der Waals surface area contributed by atoms with E-state index in [4.69, 9.17) is 25.8 Å². The molecule has 1 heterocycles. The smallest absolute Gasteiger partial charge is 0.321 e. The van der Waals surface area contributed by atoms with Gasteiger partial charge in [-0.1, -0.05) is 18.5 Å². The van der Waals surface area contributed by atoms with Gasteiger partial charge in [0.1, 0.15) is 11.5 Å². The summed E-state index contributed by atoms with van der Waals surface area (Å²) in [6.07, 6.45) is 1.53. The van der Waals surface area contributed by atoms with Gasteiger partial charge >= 0.3 is 6.03 Å². The number of carbonyl (C=O) groups is 2. The summed E-state index contributed by atoms with van der Waals surface area (Å²) < 4.78 is 46.7. The summed E-state index contributed by atoms with van der Waals surface area (Å²) in [6, 6.07) is 16.4. The lowest BCUT2D eigenvalue weighted by molar-refractivity contribution is -0.0115. The lowest BCUT2D eigenvalue weighted by Crippen LogP contribution is -2.48. The van der Waals surface area contributed by atoms with Crippen LogP contribution in [0.3, 0.4) is 0 Å². The Kier molecular flexibility index (Phi) is 13.8. The number of fused-ring (bicyclic) bond motifs is 1. The Bertz CT molecular complexity index is 1690. The molecule has 12 nitrogen and oxygen atoms in total. The van der Waals surface area contributed by atoms with Gasteiger partial charge in [-0.2, -0.15) is 0 Å². The van der Waals surface area contributed by atoms with Crippen molar-refractivity contribution in [3.63, 3.8) is 0 Å². The molecule has 0 saturated carbocycles. The molecule has 4 rings (SSSR count). The second-order valence-electron chi connectivity index (χ2n) is 12.6. The van der Waals surface area contributed by atoms with Crippen molar-refractivity contribution in [1.82, 2.24) is 9.80 Å². The van der Waals surface area contributed by atoms with E-state index < -0.39 is 28.1 Å². The molecule has 0 aliphatic carbocycles. The summed E-state index contributed by atoms with van der Waals surface area (Å²) in [5.41, 5.74) is 0.923. The highest BCUT2D eigenvalue weighted by molar-refractivity contribution is 7.92. The van der Waals surface area contributed by atoms with Crippen LogP contribution in [0.2, 0.25) is 5.02 Å². The molecule has 3 aromatic rings. The maximum absolute atomic E-state index is 14.4. The van der Waals surface area contributed by atoms with Crippen LogP contribution in [0.15, 0.2) is 71.6 Å². The molecule has 0 unspecified atom stereocenters. The molecule has 0 bridgehead atoms. The molecule has 1 aliphatic heterocycles. The number of aliphatic hydroxyl groups excluding tert-OH is 1. The quantitative estimate of drug-likeness (QED) is 0.239. The van der Waals surface area contributed by atoms with E-state index in [0.29, 0.717) is 35.2 Å². The highest BCUT2D eigenvalue weighted by Crippen LogP contribution is 2.30. The number of nitrogens with one attached hydrogen (secondary N) is 2. The molecule has 0 spiro atoms. The van der Waals surface area contributed by atoms with Crippen molar-refractivity contribution >= 4 is 44.9 Å². The van der Waals surface area contributed by atoms with Crippen LogP contribution in [0.1, 0.15) is 50.4 Å². The lowest BCUT2D eigenvalue weighted by atomic mass is 10.0. The van der Waals surface area contributed by atoms with Gasteiger partial charge in [0, 0.05) is 49.1 Å². The molecule has 14 heteroatoms. The standard InChI is InChI=1S/C36H47ClN4O8S/c1-24-21-41(25(2)23-42)35(43)32-20-29(39-50(45,46)31-16-9-27(37)10-17-31)13-18-33(32)49-26(3)8-6-7-19-48-34(24)22-40(4)36(44)38-28-11-14-30(47-5)15-12-28/h9-18,20,24-26,34,39,42H,6-8,19,21-23H2,1-5H3,(H,38,44)/t24-,25-,26-,34-/m1/s1. The molecule has 1 aliphatic rings. The van der Waals surface area contributed by atoms with E-state index in [1.54, 1.807) is 62.4 Å². The number of methoxy groups -OCH3 is 1. The fraction of sp³-hybridized carbons (Fsp3) is 0.444. The molecular formula is C36H47ClN4O8S. The number of benzene rings is 3. The molecule has 3 amide bonds. The van der Waals surface area contributed by atoms with Gasteiger partial charge in [-0.25, -0.2) is 13.2 Å². The van der Waals surface area contributed by atoms with E-state index in [1.807, 2.05) is 13.8 Å². The van der Waals surface area contributed by atoms with Gasteiger partial charge in [0.15, 0.2) is 0 Å². The number of likely N-dealkylation sites (N-methyl/N-ethyl adjacent to an activating group) is 1. The second kappa shape index (κ2) is 17.8. The minimum atomic E-state index is -4.00. The number of ether oxygens (including phenoxy) is 3. The van der Waals surface area contributed by atoms with E-state index in [2.05, 4.69) is 10.0 Å². The van der Waals surface area contributed by atoms with Gasteiger partial charge in [-0.15, -0.1) is 0 Å². The minimum Gasteiger partial charge on any atom is -0.497 e. The third-order valence-corrected chi connectivity index (χ3v) is 10.2. The van der Waals surface area contributed by atoms with E-state index in [0.717, 1.165) is 12.8 Å². The van der Waals surface area contributed by atoms with Gasteiger partial charge < -0.3 is 34.4 Å². The second-order valence-corrected chi connectivity index (χ2v) is 14.7. The molecular weight excluding hydrogens is 684 g/mol. The fourth-order valence-corrected chi connectivity index (χ4v) is 6.70. The first kappa shape index (κ1) is 38.8. The molecule has 0 saturated heterocycles. The Morgan fingerprint density at radius 1 is 1.08 bits per heavy atom. The Labute approximate surface area is 299 Å². The van der Waals surface area contributed by atoms with Gasteiger partial charge in [0.05, 0.1) is 42.4 Å². The van der Waals surface area contributed by atoms with Crippen molar-refractivity contribution in [2.45, 2.75) is 63.2 Å². The monoisotopic (exact) mass is 730 g/mol. The van der Waals surface area contributed by atoms with Crippen LogP contribution in [0.4, 0.5) is 16.2 Å². The van der Waals surface area contributed by atoms with Crippen molar-refractivity contribution < 1.29 is 37.3 Å². The van der Waals surface area contributed by atoms with Crippen LogP contribution in [0.25, 0.3) is 0 Å². The molecule has 3 N–H and O–H groups in total. The number of carbonyl (C=O) groups excluding carboxylic acids is 2. The third-order valence-electron chi connectivity index (χ3n) is 8.57. The van der Waals surface area contributed by atoms with E-state index in [-0.39, 0.29) is 53.9 Å². The summed E-state index contributed by atoms with van der Waals surface area (Å²) in [7, 11) is -0.745. The topological polar surface area (TPSA) is 147 Å². The van der Waals surface area contributed by atoms with Gasteiger partial charge in [0.2, 0.25) is 0 Å². The van der Waals surface area contributed by atoms with Crippen molar-refractivity contribution in [1.29, 1.82) is 0 Å². The number of halogens is 1. The molecule has 0 radical (unpaired) electrons. The molecule has 0 aromatic heterocycles.